The summed E-state index contributed by atoms with van der Waals surface area (Å²) in [4.78, 5) is 34.0. The third-order valence-electron chi connectivity index (χ3n) is 7.24. The third-order valence-corrected chi connectivity index (χ3v) is 7.24. The Morgan fingerprint density at radius 2 is 1.78 bits per heavy atom. The molecule has 3 aromatic rings. The summed E-state index contributed by atoms with van der Waals surface area (Å²) in [7, 11) is 0. The van der Waals surface area contributed by atoms with Crippen molar-refractivity contribution in [2.75, 3.05) is 0 Å². The van der Waals surface area contributed by atoms with Gasteiger partial charge in [0.25, 0.3) is 5.91 Å². The van der Waals surface area contributed by atoms with E-state index in [-0.39, 0.29) is 36.9 Å². The van der Waals surface area contributed by atoms with E-state index in [4.69, 9.17) is 5.73 Å². The zero-order valence-corrected chi connectivity index (χ0v) is 21.8. The molecule has 1 aromatic heterocycles. The van der Waals surface area contributed by atoms with Crippen molar-refractivity contribution < 1.29 is 41.4 Å². The van der Waals surface area contributed by atoms with E-state index in [0.717, 1.165) is 12.1 Å². The standard InChI is InChI=1S/C28H29F5N4O4/c29-27(30)10-8-17(9-11-27)19(25(34)39)14-24(38)22(13-16-4-3-5-18(12-16)41-28(31,32)33)37-26(40)23-15-35-20-6-1-2-7-21(20)36-23/h1-7,12,15,17,19,22,24,38H,8-11,13-14H2,(H2,34,39)(H,37,40). The number of rotatable bonds is 10. The van der Waals surface area contributed by atoms with Crippen molar-refractivity contribution in [3.63, 3.8) is 0 Å². The summed E-state index contributed by atoms with van der Waals surface area (Å²) < 4.78 is 69.7. The Bertz CT molecular complexity index is 1380. The third kappa shape index (κ3) is 8.32. The van der Waals surface area contributed by atoms with Gasteiger partial charge in [-0.2, -0.15) is 0 Å². The van der Waals surface area contributed by atoms with Crippen molar-refractivity contribution >= 4 is 22.8 Å². The molecule has 0 aliphatic heterocycles. The maximum absolute atomic E-state index is 13.7. The van der Waals surface area contributed by atoms with E-state index in [9.17, 15) is 36.6 Å². The first-order valence-electron chi connectivity index (χ1n) is 13.0. The maximum Gasteiger partial charge on any atom is 0.573 e. The van der Waals surface area contributed by atoms with E-state index < -0.39 is 66.7 Å². The Hall–Kier alpha value is -3.87. The van der Waals surface area contributed by atoms with Crippen LogP contribution >= 0.6 is 0 Å². The van der Waals surface area contributed by atoms with Crippen LogP contribution in [0.15, 0.2) is 54.7 Å². The predicted molar refractivity (Wildman–Crippen MR) is 138 cm³/mol. The molecule has 41 heavy (non-hydrogen) atoms. The number of alkyl halides is 5. The van der Waals surface area contributed by atoms with Gasteiger partial charge in [-0.25, -0.2) is 13.8 Å². The first kappa shape index (κ1) is 30.1. The van der Waals surface area contributed by atoms with Crippen molar-refractivity contribution in [1.29, 1.82) is 0 Å². The van der Waals surface area contributed by atoms with Crippen molar-refractivity contribution in [3.8, 4) is 5.75 Å². The first-order chi connectivity index (χ1) is 19.3. The van der Waals surface area contributed by atoms with Crippen LogP contribution in [-0.2, 0) is 11.2 Å². The van der Waals surface area contributed by atoms with Crippen molar-refractivity contribution in [2.24, 2.45) is 17.6 Å². The number of carbonyl (C=O) groups is 2. The number of aliphatic hydroxyl groups excluding tert-OH is 1. The number of halogens is 5. The number of carbonyl (C=O) groups excluding carboxylic acids is 2. The number of benzene rings is 2. The molecule has 4 rings (SSSR count). The molecule has 1 fully saturated rings. The van der Waals surface area contributed by atoms with Gasteiger partial charge in [0.2, 0.25) is 11.8 Å². The van der Waals surface area contributed by atoms with Crippen LogP contribution in [0.4, 0.5) is 22.0 Å². The average Bonchev–Trinajstić information content (AvgIpc) is 2.90. The summed E-state index contributed by atoms with van der Waals surface area (Å²) in [5, 5.41) is 13.9. The minimum atomic E-state index is -4.92. The van der Waals surface area contributed by atoms with Gasteiger partial charge in [-0.05, 0) is 61.4 Å². The van der Waals surface area contributed by atoms with Gasteiger partial charge in [-0.3, -0.25) is 14.6 Å². The van der Waals surface area contributed by atoms with Crippen LogP contribution in [0.25, 0.3) is 11.0 Å². The second-order valence-electron chi connectivity index (χ2n) is 10.2. The molecule has 1 heterocycles. The number of para-hydroxylation sites is 2. The van der Waals surface area contributed by atoms with E-state index in [1.807, 2.05) is 0 Å². The van der Waals surface area contributed by atoms with Crippen LogP contribution in [0.2, 0.25) is 0 Å². The van der Waals surface area contributed by atoms with E-state index in [1.54, 1.807) is 24.3 Å². The van der Waals surface area contributed by atoms with Gasteiger partial charge in [0.1, 0.15) is 11.4 Å². The predicted octanol–water partition coefficient (Wildman–Crippen LogP) is 4.55. The Morgan fingerprint density at radius 1 is 1.10 bits per heavy atom. The fraction of sp³-hybridized carbons (Fsp3) is 0.429. The second kappa shape index (κ2) is 12.3. The monoisotopic (exact) mass is 580 g/mol. The molecule has 1 aliphatic carbocycles. The van der Waals surface area contributed by atoms with Crippen LogP contribution in [0.3, 0.4) is 0 Å². The molecule has 4 N–H and O–H groups in total. The number of primary amides is 1. The number of hydrogen-bond acceptors (Lipinski definition) is 6. The largest absolute Gasteiger partial charge is 0.573 e. The Morgan fingerprint density at radius 3 is 2.44 bits per heavy atom. The van der Waals surface area contributed by atoms with Crippen LogP contribution in [0, 0.1) is 11.8 Å². The minimum Gasteiger partial charge on any atom is -0.406 e. The quantitative estimate of drug-likeness (QED) is 0.302. The highest BCUT2D eigenvalue weighted by Crippen LogP contribution is 2.40. The average molecular weight is 581 g/mol. The smallest absolute Gasteiger partial charge is 0.406 e. The first-order valence-corrected chi connectivity index (χ1v) is 13.0. The van der Waals surface area contributed by atoms with Crippen LogP contribution < -0.4 is 15.8 Å². The molecule has 13 heteroatoms. The molecule has 3 unspecified atom stereocenters. The van der Waals surface area contributed by atoms with Gasteiger partial charge >= 0.3 is 6.36 Å². The number of fused-ring (bicyclic) bond motifs is 1. The number of nitrogens with zero attached hydrogens (tertiary/aromatic N) is 2. The summed E-state index contributed by atoms with van der Waals surface area (Å²) in [6.07, 6.45) is -6.26. The highest BCUT2D eigenvalue weighted by Gasteiger charge is 2.40. The maximum atomic E-state index is 13.7. The highest BCUT2D eigenvalue weighted by molar-refractivity contribution is 5.94. The SMILES string of the molecule is NC(=O)C(CC(O)C(Cc1cccc(OC(F)(F)F)c1)NC(=O)c1cnc2ccccc2n1)C1CCC(F)(F)CC1. The Kier molecular flexibility index (Phi) is 9.05. The van der Waals surface area contributed by atoms with Crippen molar-refractivity contribution in [1.82, 2.24) is 15.3 Å². The van der Waals surface area contributed by atoms with Gasteiger partial charge in [0.15, 0.2) is 0 Å². The highest BCUT2D eigenvalue weighted by atomic mass is 19.4. The topological polar surface area (TPSA) is 127 Å². The molecule has 1 saturated carbocycles. The molecular formula is C28H29F5N4O4. The Balaban J connectivity index is 1.57. The number of hydrogen-bond donors (Lipinski definition) is 3. The Labute approximate surface area is 232 Å². The van der Waals surface area contributed by atoms with E-state index in [2.05, 4.69) is 20.0 Å². The lowest BCUT2D eigenvalue weighted by molar-refractivity contribution is -0.274. The van der Waals surface area contributed by atoms with Gasteiger partial charge in [0, 0.05) is 18.8 Å². The summed E-state index contributed by atoms with van der Waals surface area (Å²) in [5.74, 6) is -6.27. The second-order valence-corrected chi connectivity index (χ2v) is 10.2. The van der Waals surface area contributed by atoms with Gasteiger partial charge < -0.3 is 20.9 Å². The number of nitrogens with two attached hydrogens (primary N) is 1. The number of ether oxygens (including phenoxy) is 1. The zero-order chi connectivity index (χ0) is 29.8. The molecule has 8 nitrogen and oxygen atoms in total. The van der Waals surface area contributed by atoms with Crippen molar-refractivity contribution in [2.45, 2.75) is 63.0 Å². The summed E-state index contributed by atoms with van der Waals surface area (Å²) in [5.41, 5.74) is 6.79. The fourth-order valence-electron chi connectivity index (χ4n) is 5.15. The normalized spacial score (nSPS) is 17.9. The lowest BCUT2D eigenvalue weighted by atomic mass is 9.75. The number of aliphatic hydroxyl groups is 1. The molecule has 0 saturated heterocycles. The summed E-state index contributed by atoms with van der Waals surface area (Å²) >= 11 is 0. The van der Waals surface area contributed by atoms with E-state index >= 15 is 0 Å². The van der Waals surface area contributed by atoms with E-state index in [0.29, 0.717) is 11.0 Å². The number of aromatic nitrogens is 2. The van der Waals surface area contributed by atoms with Crippen molar-refractivity contribution in [3.05, 3.63) is 66.0 Å². The lowest BCUT2D eigenvalue weighted by Gasteiger charge is -2.34. The summed E-state index contributed by atoms with van der Waals surface area (Å²) in [6.45, 7) is 0. The zero-order valence-electron chi connectivity index (χ0n) is 21.8. The van der Waals surface area contributed by atoms with E-state index in [1.165, 1.54) is 18.3 Å². The van der Waals surface area contributed by atoms with Gasteiger partial charge in [-0.1, -0.05) is 24.3 Å². The fourth-order valence-corrected chi connectivity index (χ4v) is 5.15. The molecule has 0 radical (unpaired) electrons. The molecule has 2 amide bonds. The molecule has 0 spiro atoms. The number of amides is 2. The summed E-state index contributed by atoms with van der Waals surface area (Å²) in [6, 6.07) is 10.7. The van der Waals surface area contributed by atoms with Crippen LogP contribution in [0.5, 0.6) is 5.75 Å². The molecule has 2 aromatic carbocycles. The molecule has 220 valence electrons. The lowest BCUT2D eigenvalue weighted by Crippen LogP contribution is -2.47. The molecule has 3 atom stereocenters. The molecule has 1 aliphatic rings. The van der Waals surface area contributed by atoms with Crippen LogP contribution in [-0.4, -0.2) is 51.3 Å². The number of nitrogens with one attached hydrogen (secondary N) is 1. The molecular weight excluding hydrogens is 551 g/mol. The van der Waals surface area contributed by atoms with Gasteiger partial charge in [0.05, 0.1) is 29.4 Å². The minimum absolute atomic E-state index is 0.0356. The van der Waals surface area contributed by atoms with Gasteiger partial charge in [-0.15, -0.1) is 13.2 Å². The molecule has 0 bridgehead atoms. The van der Waals surface area contributed by atoms with Crippen LogP contribution in [0.1, 0.15) is 48.2 Å².